The molecule has 5 heteroatoms. The molecule has 20 heavy (non-hydrogen) atoms. The lowest BCUT2D eigenvalue weighted by atomic mass is 10.1. The van der Waals surface area contributed by atoms with Gasteiger partial charge in [-0.1, -0.05) is 0 Å². The van der Waals surface area contributed by atoms with Gasteiger partial charge in [-0.2, -0.15) is 0 Å². The molecule has 1 amide bonds. The van der Waals surface area contributed by atoms with Crippen molar-refractivity contribution in [2.45, 2.75) is 12.5 Å². The molecule has 104 valence electrons. The Morgan fingerprint density at radius 2 is 2.35 bits per heavy atom. The summed E-state index contributed by atoms with van der Waals surface area (Å²) in [5.74, 6) is 0.238. The van der Waals surface area contributed by atoms with Crippen LogP contribution in [0.1, 0.15) is 16.8 Å². The Morgan fingerprint density at radius 1 is 1.50 bits per heavy atom. The highest BCUT2D eigenvalue weighted by Crippen LogP contribution is 2.29. The number of primary amides is 1. The molecule has 1 fully saturated rings. The van der Waals surface area contributed by atoms with Crippen LogP contribution in [0.15, 0.2) is 30.6 Å². The van der Waals surface area contributed by atoms with Crippen molar-refractivity contribution in [2.24, 2.45) is 5.73 Å². The summed E-state index contributed by atoms with van der Waals surface area (Å²) in [7, 11) is 2.07. The van der Waals surface area contributed by atoms with Gasteiger partial charge in [0.15, 0.2) is 0 Å². The fraction of sp³-hybridized carbons (Fsp3) is 0.333. The molecule has 1 aliphatic rings. The van der Waals surface area contributed by atoms with Crippen LogP contribution in [0.4, 0.5) is 0 Å². The Bertz CT molecular complexity index is 657. The monoisotopic (exact) mass is 271 g/mol. The second-order valence-electron chi connectivity index (χ2n) is 5.23. The minimum atomic E-state index is -0.447. The maximum absolute atomic E-state index is 11.4. The summed E-state index contributed by atoms with van der Waals surface area (Å²) >= 11 is 0. The second-order valence-corrected chi connectivity index (χ2v) is 5.23. The maximum atomic E-state index is 11.4. The van der Waals surface area contributed by atoms with Gasteiger partial charge in [-0.25, -0.2) is 0 Å². The van der Waals surface area contributed by atoms with Crippen LogP contribution in [0, 0.1) is 0 Å². The summed E-state index contributed by atoms with van der Waals surface area (Å²) in [6, 6.07) is 5.34. The summed E-state index contributed by atoms with van der Waals surface area (Å²) in [5, 5.41) is 1.82. The third-order valence-electron chi connectivity index (χ3n) is 3.64. The maximum Gasteiger partial charge on any atom is 0.248 e. The number of benzene rings is 1. The summed E-state index contributed by atoms with van der Waals surface area (Å²) in [4.78, 5) is 17.8. The largest absolute Gasteiger partial charge is 0.488 e. The molecule has 3 rings (SSSR count). The zero-order valence-corrected chi connectivity index (χ0v) is 11.4. The first-order valence-corrected chi connectivity index (χ1v) is 6.66. The van der Waals surface area contributed by atoms with Crippen LogP contribution in [-0.2, 0) is 0 Å². The van der Waals surface area contributed by atoms with E-state index in [1.807, 2.05) is 6.07 Å². The highest BCUT2D eigenvalue weighted by Gasteiger charge is 2.22. The molecule has 0 aliphatic carbocycles. The molecule has 1 aliphatic heterocycles. The number of fused-ring (bicyclic) bond motifs is 1. The zero-order valence-electron chi connectivity index (χ0n) is 11.4. The fourth-order valence-corrected chi connectivity index (χ4v) is 2.58. The number of carbonyl (C=O) groups excluding carboxylic acids is 1. The Balaban J connectivity index is 2.01. The number of ether oxygens (including phenoxy) is 1. The normalized spacial score (nSPS) is 19.4. The van der Waals surface area contributed by atoms with Crippen LogP contribution in [0.2, 0.25) is 0 Å². The lowest BCUT2D eigenvalue weighted by molar-refractivity contribution is 0.0999. The minimum absolute atomic E-state index is 0.145. The van der Waals surface area contributed by atoms with Crippen molar-refractivity contribution in [3.8, 4) is 5.75 Å². The van der Waals surface area contributed by atoms with Gasteiger partial charge in [0.2, 0.25) is 5.91 Å². The second kappa shape index (κ2) is 5.09. The number of rotatable bonds is 3. The lowest BCUT2D eigenvalue weighted by Crippen LogP contribution is -2.21. The first kappa shape index (κ1) is 12.9. The van der Waals surface area contributed by atoms with Gasteiger partial charge in [0, 0.05) is 36.4 Å². The summed E-state index contributed by atoms with van der Waals surface area (Å²) < 4.78 is 6.06. The molecule has 1 aromatic heterocycles. The first-order chi connectivity index (χ1) is 9.63. The molecule has 0 bridgehead atoms. The number of amides is 1. The van der Waals surface area contributed by atoms with Crippen molar-refractivity contribution in [1.29, 1.82) is 0 Å². The molecule has 1 unspecified atom stereocenters. The Hall–Kier alpha value is -2.14. The van der Waals surface area contributed by atoms with Crippen LogP contribution in [0.5, 0.6) is 5.75 Å². The molecular formula is C15H17N3O2. The van der Waals surface area contributed by atoms with Crippen molar-refractivity contribution >= 4 is 16.7 Å². The van der Waals surface area contributed by atoms with E-state index in [1.54, 1.807) is 24.5 Å². The fourth-order valence-electron chi connectivity index (χ4n) is 2.58. The molecule has 2 heterocycles. The molecule has 0 spiro atoms. The van der Waals surface area contributed by atoms with E-state index < -0.39 is 5.91 Å². The van der Waals surface area contributed by atoms with Crippen molar-refractivity contribution in [1.82, 2.24) is 9.88 Å². The quantitative estimate of drug-likeness (QED) is 0.916. The number of likely N-dealkylation sites (tertiary alicyclic amines) is 1. The number of likely N-dealkylation sites (N-methyl/N-ethyl adjacent to an activating group) is 1. The van der Waals surface area contributed by atoms with Crippen LogP contribution >= 0.6 is 0 Å². The number of carbonyl (C=O) groups is 1. The van der Waals surface area contributed by atoms with Gasteiger partial charge in [0.1, 0.15) is 11.9 Å². The molecule has 0 saturated carbocycles. The predicted molar refractivity (Wildman–Crippen MR) is 76.8 cm³/mol. The number of hydrogen-bond acceptors (Lipinski definition) is 4. The van der Waals surface area contributed by atoms with Crippen molar-refractivity contribution in [2.75, 3.05) is 20.1 Å². The van der Waals surface area contributed by atoms with Gasteiger partial charge in [-0.3, -0.25) is 9.78 Å². The smallest absolute Gasteiger partial charge is 0.248 e. The summed E-state index contributed by atoms with van der Waals surface area (Å²) in [5.41, 5.74) is 5.85. The third kappa shape index (κ3) is 2.44. The SMILES string of the molecule is CN1CCC(Oc2cc(C(N)=O)cc3ccncc23)C1. The first-order valence-electron chi connectivity index (χ1n) is 6.66. The Labute approximate surface area is 117 Å². The average molecular weight is 271 g/mol. The highest BCUT2D eigenvalue weighted by molar-refractivity contribution is 5.99. The number of aromatic nitrogens is 1. The van der Waals surface area contributed by atoms with Crippen molar-refractivity contribution in [3.63, 3.8) is 0 Å². The molecule has 2 N–H and O–H groups in total. The molecular weight excluding hydrogens is 254 g/mol. The van der Waals surface area contributed by atoms with E-state index in [2.05, 4.69) is 16.9 Å². The number of nitrogens with two attached hydrogens (primary N) is 1. The third-order valence-corrected chi connectivity index (χ3v) is 3.64. The van der Waals surface area contributed by atoms with Gasteiger partial charge >= 0.3 is 0 Å². The minimum Gasteiger partial charge on any atom is -0.488 e. The highest BCUT2D eigenvalue weighted by atomic mass is 16.5. The number of pyridine rings is 1. The van der Waals surface area contributed by atoms with Crippen LogP contribution in [0.25, 0.3) is 10.8 Å². The summed E-state index contributed by atoms with van der Waals surface area (Å²) in [6.45, 7) is 1.92. The molecule has 1 aromatic carbocycles. The van der Waals surface area contributed by atoms with Gasteiger partial charge < -0.3 is 15.4 Å². The van der Waals surface area contributed by atoms with Gasteiger partial charge in [-0.15, -0.1) is 0 Å². The molecule has 2 aromatic rings. The predicted octanol–water partition coefficient (Wildman–Crippen LogP) is 1.42. The number of hydrogen-bond donors (Lipinski definition) is 1. The van der Waals surface area contributed by atoms with E-state index in [1.165, 1.54) is 0 Å². The van der Waals surface area contributed by atoms with E-state index in [-0.39, 0.29) is 6.10 Å². The van der Waals surface area contributed by atoms with Crippen LogP contribution in [0.3, 0.4) is 0 Å². The zero-order chi connectivity index (χ0) is 14.1. The molecule has 1 saturated heterocycles. The molecule has 1 atom stereocenters. The van der Waals surface area contributed by atoms with Gasteiger partial charge in [0.05, 0.1) is 0 Å². The van der Waals surface area contributed by atoms with E-state index in [0.29, 0.717) is 11.3 Å². The van der Waals surface area contributed by atoms with Crippen molar-refractivity contribution in [3.05, 3.63) is 36.2 Å². The number of nitrogens with zero attached hydrogens (tertiary/aromatic N) is 2. The standard InChI is InChI=1S/C15H17N3O2/c1-18-5-3-12(9-18)20-14-7-11(15(16)19)6-10-2-4-17-8-13(10)14/h2,4,6-8,12H,3,5,9H2,1H3,(H2,16,19). The van der Waals surface area contributed by atoms with E-state index in [4.69, 9.17) is 10.5 Å². The lowest BCUT2D eigenvalue weighted by Gasteiger charge is -2.16. The Kier molecular flexibility index (Phi) is 3.28. The van der Waals surface area contributed by atoms with Crippen molar-refractivity contribution < 1.29 is 9.53 Å². The molecule has 0 radical (unpaired) electrons. The van der Waals surface area contributed by atoms with E-state index >= 15 is 0 Å². The van der Waals surface area contributed by atoms with Crippen LogP contribution in [-0.4, -0.2) is 42.0 Å². The topological polar surface area (TPSA) is 68.5 Å². The van der Waals surface area contributed by atoms with Crippen LogP contribution < -0.4 is 10.5 Å². The average Bonchev–Trinajstić information content (AvgIpc) is 2.84. The summed E-state index contributed by atoms with van der Waals surface area (Å²) in [6.07, 6.45) is 4.58. The van der Waals surface area contributed by atoms with E-state index in [9.17, 15) is 4.79 Å². The van der Waals surface area contributed by atoms with Gasteiger partial charge in [0.25, 0.3) is 0 Å². The van der Waals surface area contributed by atoms with E-state index in [0.717, 1.165) is 30.3 Å². The Morgan fingerprint density at radius 3 is 3.05 bits per heavy atom. The van der Waals surface area contributed by atoms with Gasteiger partial charge in [-0.05, 0) is 37.1 Å². The molecule has 5 nitrogen and oxygen atoms in total.